The first kappa shape index (κ1) is 12.3. The number of hydrogen-bond acceptors (Lipinski definition) is 4. The molecule has 1 N–H and O–H groups in total. The highest BCUT2D eigenvalue weighted by Gasteiger charge is 2.15. The summed E-state index contributed by atoms with van der Waals surface area (Å²) in [5.41, 5.74) is 0.478. The second-order valence-electron chi connectivity index (χ2n) is 3.65. The quantitative estimate of drug-likeness (QED) is 0.816. The van der Waals surface area contributed by atoms with Crippen LogP contribution >= 0.6 is 11.6 Å². The summed E-state index contributed by atoms with van der Waals surface area (Å²) in [5, 5.41) is 3.13. The third kappa shape index (κ3) is 3.66. The van der Waals surface area contributed by atoms with E-state index in [1.807, 2.05) is 0 Å². The number of pyridine rings is 1. The Hall–Kier alpha value is -1.17. The molecule has 1 aromatic heterocycles. The van der Waals surface area contributed by atoms with Gasteiger partial charge in [0.15, 0.2) is 0 Å². The fourth-order valence-electron chi connectivity index (χ4n) is 1.47. The van der Waals surface area contributed by atoms with E-state index in [1.165, 1.54) is 6.20 Å². The highest BCUT2D eigenvalue weighted by molar-refractivity contribution is 6.29. The van der Waals surface area contributed by atoms with Crippen molar-refractivity contribution in [2.75, 3.05) is 26.4 Å². The van der Waals surface area contributed by atoms with Gasteiger partial charge in [0.05, 0.1) is 31.5 Å². The Morgan fingerprint density at radius 2 is 2.41 bits per heavy atom. The van der Waals surface area contributed by atoms with Crippen LogP contribution in [-0.4, -0.2) is 43.4 Å². The minimum absolute atomic E-state index is 0.0760. The Kier molecular flexibility index (Phi) is 4.30. The SMILES string of the molecule is O=C(NCC1COCCO1)c1ccc(Cl)nc1. The number of hydrogen-bond donors (Lipinski definition) is 1. The van der Waals surface area contributed by atoms with Crippen molar-refractivity contribution in [3.63, 3.8) is 0 Å². The van der Waals surface area contributed by atoms with Gasteiger partial charge in [-0.3, -0.25) is 4.79 Å². The van der Waals surface area contributed by atoms with Gasteiger partial charge in [-0.1, -0.05) is 11.6 Å². The molecule has 0 aromatic carbocycles. The molecule has 6 heteroatoms. The topological polar surface area (TPSA) is 60.5 Å². The molecule has 2 heterocycles. The first-order chi connectivity index (χ1) is 8.25. The fraction of sp³-hybridized carbons (Fsp3) is 0.455. The average molecular weight is 257 g/mol. The molecule has 0 saturated carbocycles. The highest BCUT2D eigenvalue weighted by Crippen LogP contribution is 2.05. The lowest BCUT2D eigenvalue weighted by Gasteiger charge is -2.23. The second kappa shape index (κ2) is 5.95. The summed E-state index contributed by atoms with van der Waals surface area (Å²) >= 11 is 5.64. The van der Waals surface area contributed by atoms with Crippen molar-refractivity contribution in [1.82, 2.24) is 10.3 Å². The van der Waals surface area contributed by atoms with Crippen molar-refractivity contribution >= 4 is 17.5 Å². The van der Waals surface area contributed by atoms with Crippen molar-refractivity contribution < 1.29 is 14.3 Å². The van der Waals surface area contributed by atoms with E-state index in [4.69, 9.17) is 21.1 Å². The highest BCUT2D eigenvalue weighted by atomic mass is 35.5. The summed E-state index contributed by atoms with van der Waals surface area (Å²) in [7, 11) is 0. The molecule has 0 bridgehead atoms. The Morgan fingerprint density at radius 1 is 1.53 bits per heavy atom. The molecule has 0 spiro atoms. The summed E-state index contributed by atoms with van der Waals surface area (Å²) in [6.45, 7) is 2.13. The van der Waals surface area contributed by atoms with Crippen LogP contribution in [0.15, 0.2) is 18.3 Å². The summed E-state index contributed by atoms with van der Waals surface area (Å²) in [4.78, 5) is 15.6. The molecular weight excluding hydrogens is 244 g/mol. The van der Waals surface area contributed by atoms with Crippen LogP contribution in [0.25, 0.3) is 0 Å². The third-order valence-corrected chi connectivity index (χ3v) is 2.59. The van der Waals surface area contributed by atoms with Crippen molar-refractivity contribution in [2.45, 2.75) is 6.10 Å². The maximum absolute atomic E-state index is 11.7. The lowest BCUT2D eigenvalue weighted by Crippen LogP contribution is -2.39. The summed E-state index contributed by atoms with van der Waals surface area (Å²) in [6.07, 6.45) is 1.36. The molecular formula is C11H13ClN2O3. The number of rotatable bonds is 3. The van der Waals surface area contributed by atoms with Gasteiger partial charge < -0.3 is 14.8 Å². The van der Waals surface area contributed by atoms with Gasteiger partial charge in [-0.15, -0.1) is 0 Å². The molecule has 1 fully saturated rings. The minimum Gasteiger partial charge on any atom is -0.376 e. The number of amides is 1. The normalized spacial score (nSPS) is 19.9. The van der Waals surface area contributed by atoms with Crippen LogP contribution in [0, 0.1) is 0 Å². The molecule has 1 atom stereocenters. The average Bonchev–Trinajstić information content (AvgIpc) is 2.38. The van der Waals surface area contributed by atoms with Crippen molar-refractivity contribution in [3.8, 4) is 0 Å². The zero-order valence-corrected chi connectivity index (χ0v) is 9.94. The first-order valence-corrected chi connectivity index (χ1v) is 5.72. The van der Waals surface area contributed by atoms with Crippen LogP contribution in [0.1, 0.15) is 10.4 Å². The molecule has 1 aliphatic heterocycles. The second-order valence-corrected chi connectivity index (χ2v) is 4.03. The maximum Gasteiger partial charge on any atom is 0.252 e. The molecule has 1 aromatic rings. The van der Waals surface area contributed by atoms with E-state index in [1.54, 1.807) is 12.1 Å². The van der Waals surface area contributed by atoms with Gasteiger partial charge >= 0.3 is 0 Å². The van der Waals surface area contributed by atoms with E-state index in [-0.39, 0.29) is 12.0 Å². The van der Waals surface area contributed by atoms with E-state index in [2.05, 4.69) is 10.3 Å². The zero-order chi connectivity index (χ0) is 12.1. The number of carbonyl (C=O) groups excluding carboxylic acids is 1. The Morgan fingerprint density at radius 3 is 3.06 bits per heavy atom. The first-order valence-electron chi connectivity index (χ1n) is 5.35. The van der Waals surface area contributed by atoms with Gasteiger partial charge in [0.2, 0.25) is 0 Å². The summed E-state index contributed by atoms with van der Waals surface area (Å²) in [6, 6.07) is 3.21. The largest absolute Gasteiger partial charge is 0.376 e. The van der Waals surface area contributed by atoms with Crippen LogP contribution in [0.2, 0.25) is 5.15 Å². The van der Waals surface area contributed by atoms with Crippen LogP contribution < -0.4 is 5.32 Å². The predicted octanol–water partition coefficient (Wildman–Crippen LogP) is 0.880. The standard InChI is InChI=1S/C11H13ClN2O3/c12-10-2-1-8(5-13-10)11(15)14-6-9-7-16-3-4-17-9/h1-2,5,9H,3-4,6-7H2,(H,14,15). The number of carbonyl (C=O) groups is 1. The van der Waals surface area contributed by atoms with Gasteiger partial charge in [-0.25, -0.2) is 4.98 Å². The molecule has 0 aliphatic carbocycles. The Balaban J connectivity index is 1.82. The van der Waals surface area contributed by atoms with E-state index >= 15 is 0 Å². The van der Waals surface area contributed by atoms with Crippen molar-refractivity contribution in [2.24, 2.45) is 0 Å². The molecule has 0 radical (unpaired) electrons. The number of nitrogens with zero attached hydrogens (tertiary/aromatic N) is 1. The lowest BCUT2D eigenvalue weighted by molar-refractivity contribution is -0.0855. The maximum atomic E-state index is 11.7. The molecule has 1 aliphatic rings. The van der Waals surface area contributed by atoms with Gasteiger partial charge in [0.25, 0.3) is 5.91 Å². The Labute approximate surface area is 104 Å². The molecule has 1 unspecified atom stereocenters. The van der Waals surface area contributed by atoms with Crippen LogP contribution in [0.5, 0.6) is 0 Å². The number of nitrogens with one attached hydrogen (secondary N) is 1. The molecule has 92 valence electrons. The van der Waals surface area contributed by atoms with Crippen LogP contribution in [0.4, 0.5) is 0 Å². The number of ether oxygens (including phenoxy) is 2. The van der Waals surface area contributed by atoms with Crippen LogP contribution in [0.3, 0.4) is 0 Å². The van der Waals surface area contributed by atoms with Gasteiger partial charge in [0.1, 0.15) is 5.15 Å². The molecule has 17 heavy (non-hydrogen) atoms. The van der Waals surface area contributed by atoms with Crippen molar-refractivity contribution in [3.05, 3.63) is 29.0 Å². The zero-order valence-electron chi connectivity index (χ0n) is 9.19. The van der Waals surface area contributed by atoms with Gasteiger partial charge in [-0.05, 0) is 12.1 Å². The Bertz CT molecular complexity index is 377. The lowest BCUT2D eigenvalue weighted by atomic mass is 10.2. The summed E-state index contributed by atoms with van der Waals surface area (Å²) < 4.78 is 10.6. The molecule has 5 nitrogen and oxygen atoms in total. The van der Waals surface area contributed by atoms with E-state index in [0.29, 0.717) is 37.1 Å². The number of halogens is 1. The molecule has 1 amide bonds. The summed E-state index contributed by atoms with van der Waals surface area (Å²) in [5.74, 6) is -0.191. The molecule has 2 rings (SSSR count). The van der Waals surface area contributed by atoms with E-state index in [9.17, 15) is 4.79 Å². The smallest absolute Gasteiger partial charge is 0.252 e. The third-order valence-electron chi connectivity index (χ3n) is 2.36. The fourth-order valence-corrected chi connectivity index (χ4v) is 1.58. The van der Waals surface area contributed by atoms with Gasteiger partial charge in [0, 0.05) is 12.7 Å². The number of aromatic nitrogens is 1. The predicted molar refractivity (Wildman–Crippen MR) is 62.1 cm³/mol. The van der Waals surface area contributed by atoms with E-state index < -0.39 is 0 Å². The monoisotopic (exact) mass is 256 g/mol. The van der Waals surface area contributed by atoms with Crippen molar-refractivity contribution in [1.29, 1.82) is 0 Å². The van der Waals surface area contributed by atoms with Crippen LogP contribution in [-0.2, 0) is 9.47 Å². The van der Waals surface area contributed by atoms with Gasteiger partial charge in [-0.2, -0.15) is 0 Å². The van der Waals surface area contributed by atoms with E-state index in [0.717, 1.165) is 0 Å². The minimum atomic E-state index is -0.191. The molecule has 1 saturated heterocycles.